The van der Waals surface area contributed by atoms with E-state index in [4.69, 9.17) is 0 Å². The lowest BCUT2D eigenvalue weighted by Gasteiger charge is -2.08. The molecular weight excluding hydrogens is 296 g/mol. The Balaban J connectivity index is 1.70. The van der Waals surface area contributed by atoms with Gasteiger partial charge in [0.05, 0.1) is 16.8 Å². The summed E-state index contributed by atoms with van der Waals surface area (Å²) in [6.45, 7) is 0. The minimum Gasteiger partial charge on any atom is -0.508 e. The lowest BCUT2D eigenvalue weighted by atomic mass is 10.1. The average Bonchev–Trinajstić information content (AvgIpc) is 2.81. The van der Waals surface area contributed by atoms with E-state index in [2.05, 4.69) is 10.6 Å². The fraction of sp³-hybridized carbons (Fsp3) is 0.118. The van der Waals surface area contributed by atoms with Crippen molar-refractivity contribution in [2.75, 3.05) is 5.32 Å². The van der Waals surface area contributed by atoms with Crippen LogP contribution in [0.1, 0.15) is 32.7 Å². The van der Waals surface area contributed by atoms with Gasteiger partial charge in [0.25, 0.3) is 11.8 Å². The van der Waals surface area contributed by atoms with Crippen molar-refractivity contribution < 1.29 is 19.5 Å². The first kappa shape index (κ1) is 14.8. The van der Waals surface area contributed by atoms with Gasteiger partial charge in [0.15, 0.2) is 0 Å². The monoisotopic (exact) mass is 310 g/mol. The molecule has 2 aromatic rings. The lowest BCUT2D eigenvalue weighted by molar-refractivity contribution is -0.116. The minimum atomic E-state index is -0.506. The number of fused-ring (bicyclic) bond motifs is 1. The number of benzene rings is 2. The van der Waals surface area contributed by atoms with Crippen LogP contribution in [0, 0.1) is 0 Å². The van der Waals surface area contributed by atoms with Crippen LogP contribution in [0.2, 0.25) is 0 Å². The van der Waals surface area contributed by atoms with Gasteiger partial charge in [-0.05, 0) is 36.2 Å². The highest BCUT2D eigenvalue weighted by molar-refractivity contribution is 6.24. The summed E-state index contributed by atoms with van der Waals surface area (Å²) in [5, 5.41) is 14.3. The molecule has 1 aliphatic heterocycles. The van der Waals surface area contributed by atoms with Gasteiger partial charge in [-0.3, -0.25) is 19.7 Å². The molecule has 0 aromatic heterocycles. The average molecular weight is 310 g/mol. The second-order valence-corrected chi connectivity index (χ2v) is 5.23. The molecule has 2 aromatic carbocycles. The number of phenols is 1. The van der Waals surface area contributed by atoms with Crippen LogP contribution < -0.4 is 10.6 Å². The second kappa shape index (κ2) is 5.92. The molecule has 3 N–H and O–H groups in total. The number of rotatable bonds is 4. The van der Waals surface area contributed by atoms with E-state index < -0.39 is 11.8 Å². The Bertz CT molecular complexity index is 814. The van der Waals surface area contributed by atoms with Crippen molar-refractivity contribution in [2.24, 2.45) is 0 Å². The topological polar surface area (TPSA) is 95.5 Å². The number of hydrogen-bond donors (Lipinski definition) is 3. The molecule has 0 atom stereocenters. The molecule has 0 unspecified atom stereocenters. The fourth-order valence-electron chi connectivity index (χ4n) is 2.51. The molecule has 0 spiro atoms. The quantitative estimate of drug-likeness (QED) is 0.751. The zero-order valence-corrected chi connectivity index (χ0v) is 12.1. The van der Waals surface area contributed by atoms with Gasteiger partial charge in [-0.1, -0.05) is 18.2 Å². The van der Waals surface area contributed by atoms with E-state index >= 15 is 0 Å². The maximum absolute atomic E-state index is 12.1. The highest BCUT2D eigenvalue weighted by Crippen LogP contribution is 2.24. The molecule has 3 amide bonds. The van der Waals surface area contributed by atoms with Gasteiger partial charge >= 0.3 is 0 Å². The number of aryl methyl sites for hydroxylation is 1. The standard InChI is InChI=1S/C17H14N2O4/c20-11-4-1-3-10(9-11)7-8-14(21)18-13-6-2-5-12-15(13)17(23)19-16(12)22/h1-6,9,20H,7-8H2,(H,18,21)(H,19,22,23). The van der Waals surface area contributed by atoms with Crippen molar-refractivity contribution in [3.8, 4) is 5.75 Å². The fourth-order valence-corrected chi connectivity index (χ4v) is 2.51. The second-order valence-electron chi connectivity index (χ2n) is 5.23. The van der Waals surface area contributed by atoms with Crippen molar-refractivity contribution in [2.45, 2.75) is 12.8 Å². The largest absolute Gasteiger partial charge is 0.508 e. The molecule has 1 heterocycles. The molecule has 0 saturated heterocycles. The molecule has 0 aliphatic carbocycles. The highest BCUT2D eigenvalue weighted by Gasteiger charge is 2.29. The molecule has 1 aliphatic rings. The van der Waals surface area contributed by atoms with Gasteiger partial charge < -0.3 is 10.4 Å². The number of amides is 3. The van der Waals surface area contributed by atoms with E-state index in [0.717, 1.165) is 5.56 Å². The Morgan fingerprint density at radius 1 is 1.09 bits per heavy atom. The van der Waals surface area contributed by atoms with Crippen molar-refractivity contribution in [1.29, 1.82) is 0 Å². The van der Waals surface area contributed by atoms with Crippen LogP contribution in [0.15, 0.2) is 42.5 Å². The first-order chi connectivity index (χ1) is 11.0. The summed E-state index contributed by atoms with van der Waals surface area (Å²) in [6, 6.07) is 11.4. The number of anilines is 1. The van der Waals surface area contributed by atoms with E-state index in [1.165, 1.54) is 6.07 Å². The third-order valence-corrected chi connectivity index (χ3v) is 3.59. The molecule has 0 bridgehead atoms. The van der Waals surface area contributed by atoms with Crippen LogP contribution in [0.5, 0.6) is 5.75 Å². The normalized spacial score (nSPS) is 12.7. The molecule has 0 radical (unpaired) electrons. The molecule has 0 fully saturated rings. The van der Waals surface area contributed by atoms with Crippen molar-refractivity contribution in [3.63, 3.8) is 0 Å². The SMILES string of the molecule is O=C(CCc1cccc(O)c1)Nc1cccc2c1C(=O)NC2=O. The van der Waals surface area contributed by atoms with Gasteiger partial charge in [0, 0.05) is 6.42 Å². The van der Waals surface area contributed by atoms with Crippen LogP contribution in [-0.4, -0.2) is 22.8 Å². The maximum Gasteiger partial charge on any atom is 0.261 e. The number of nitrogens with one attached hydrogen (secondary N) is 2. The molecular formula is C17H14N2O4. The summed E-state index contributed by atoms with van der Waals surface area (Å²) in [4.78, 5) is 35.4. The smallest absolute Gasteiger partial charge is 0.261 e. The summed E-state index contributed by atoms with van der Waals surface area (Å²) in [7, 11) is 0. The predicted octanol–water partition coefficient (Wildman–Crippen LogP) is 1.85. The third-order valence-electron chi connectivity index (χ3n) is 3.59. The summed E-state index contributed by atoms with van der Waals surface area (Å²) >= 11 is 0. The van der Waals surface area contributed by atoms with E-state index in [-0.39, 0.29) is 29.2 Å². The van der Waals surface area contributed by atoms with Gasteiger partial charge in [0.2, 0.25) is 5.91 Å². The zero-order chi connectivity index (χ0) is 16.4. The number of phenolic OH excluding ortho intramolecular Hbond substituents is 1. The van der Waals surface area contributed by atoms with E-state index in [0.29, 0.717) is 12.1 Å². The predicted molar refractivity (Wildman–Crippen MR) is 83.3 cm³/mol. The van der Waals surface area contributed by atoms with Crippen molar-refractivity contribution in [1.82, 2.24) is 5.32 Å². The molecule has 3 rings (SSSR count). The van der Waals surface area contributed by atoms with E-state index in [1.54, 1.807) is 30.3 Å². The Morgan fingerprint density at radius 2 is 1.87 bits per heavy atom. The molecule has 116 valence electrons. The van der Waals surface area contributed by atoms with Crippen molar-refractivity contribution >= 4 is 23.4 Å². The lowest BCUT2D eigenvalue weighted by Crippen LogP contribution is -2.21. The van der Waals surface area contributed by atoms with Gasteiger partial charge in [-0.15, -0.1) is 0 Å². The van der Waals surface area contributed by atoms with Crippen molar-refractivity contribution in [3.05, 3.63) is 59.2 Å². The molecule has 6 nitrogen and oxygen atoms in total. The summed E-state index contributed by atoms with van der Waals surface area (Å²) < 4.78 is 0. The van der Waals surface area contributed by atoms with Crippen LogP contribution in [-0.2, 0) is 11.2 Å². The third kappa shape index (κ3) is 3.06. The summed E-state index contributed by atoms with van der Waals surface area (Å²) in [5.41, 5.74) is 1.63. The number of imide groups is 1. The number of hydrogen-bond acceptors (Lipinski definition) is 4. The van der Waals surface area contributed by atoms with Gasteiger partial charge in [-0.2, -0.15) is 0 Å². The minimum absolute atomic E-state index is 0.152. The zero-order valence-electron chi connectivity index (χ0n) is 12.1. The number of carbonyl (C=O) groups is 3. The van der Waals surface area contributed by atoms with Crippen LogP contribution in [0.25, 0.3) is 0 Å². The molecule has 23 heavy (non-hydrogen) atoms. The summed E-state index contributed by atoms with van der Waals surface area (Å²) in [6.07, 6.45) is 0.656. The number of carbonyl (C=O) groups excluding carboxylic acids is 3. The van der Waals surface area contributed by atoms with E-state index in [1.807, 2.05) is 6.07 Å². The molecule has 0 saturated carbocycles. The Labute approximate surface area is 132 Å². The number of aromatic hydroxyl groups is 1. The first-order valence-electron chi connectivity index (χ1n) is 7.11. The summed E-state index contributed by atoms with van der Waals surface area (Å²) in [5.74, 6) is -1.08. The maximum atomic E-state index is 12.1. The van der Waals surface area contributed by atoms with Gasteiger partial charge in [-0.25, -0.2) is 0 Å². The van der Waals surface area contributed by atoms with E-state index in [9.17, 15) is 19.5 Å². The Kier molecular flexibility index (Phi) is 3.80. The van der Waals surface area contributed by atoms with Crippen LogP contribution in [0.4, 0.5) is 5.69 Å². The van der Waals surface area contributed by atoms with Crippen LogP contribution in [0.3, 0.4) is 0 Å². The van der Waals surface area contributed by atoms with Crippen LogP contribution >= 0.6 is 0 Å². The Morgan fingerprint density at radius 3 is 2.65 bits per heavy atom. The highest BCUT2D eigenvalue weighted by atomic mass is 16.3. The first-order valence-corrected chi connectivity index (χ1v) is 7.11. The Hall–Kier alpha value is -3.15. The molecule has 6 heteroatoms. The van der Waals surface area contributed by atoms with Gasteiger partial charge in [0.1, 0.15) is 5.75 Å².